The summed E-state index contributed by atoms with van der Waals surface area (Å²) < 4.78 is 5.84. The molecule has 154 valence electrons. The largest absolute Gasteiger partial charge is 0.488 e. The van der Waals surface area contributed by atoms with Crippen molar-refractivity contribution in [1.29, 1.82) is 0 Å². The van der Waals surface area contributed by atoms with Gasteiger partial charge < -0.3 is 15.0 Å². The van der Waals surface area contributed by atoms with Crippen LogP contribution in [0.3, 0.4) is 0 Å². The summed E-state index contributed by atoms with van der Waals surface area (Å²) in [5, 5.41) is 3.86. The van der Waals surface area contributed by atoms with E-state index in [2.05, 4.69) is 5.32 Å². The van der Waals surface area contributed by atoms with Crippen LogP contribution in [0.15, 0.2) is 66.7 Å². The zero-order chi connectivity index (χ0) is 21.7. The minimum atomic E-state index is -0.320. The number of nitrogens with zero attached hydrogens (tertiary/aromatic N) is 1. The molecule has 0 heterocycles. The van der Waals surface area contributed by atoms with Crippen molar-refractivity contribution in [3.05, 3.63) is 93.5 Å². The van der Waals surface area contributed by atoms with E-state index in [4.69, 9.17) is 27.9 Å². The van der Waals surface area contributed by atoms with E-state index in [1.807, 2.05) is 0 Å². The zero-order valence-electron chi connectivity index (χ0n) is 16.5. The molecule has 3 aromatic carbocycles. The third kappa shape index (κ3) is 5.32. The van der Waals surface area contributed by atoms with Crippen molar-refractivity contribution >= 4 is 40.7 Å². The number of carbonyl (C=O) groups excluding carboxylic acids is 2. The SMILES string of the molecule is CN(C)C(=O)c1ccc(NC(=O)c2ccccc2OCc2ccc(Cl)cc2Cl)cc1. The minimum Gasteiger partial charge on any atom is -0.488 e. The second kappa shape index (κ2) is 9.65. The Kier molecular flexibility index (Phi) is 6.98. The van der Waals surface area contributed by atoms with Gasteiger partial charge in [-0.3, -0.25) is 9.59 Å². The number of hydrogen-bond donors (Lipinski definition) is 1. The first-order valence-corrected chi connectivity index (χ1v) is 9.89. The quantitative estimate of drug-likeness (QED) is 0.545. The number of ether oxygens (including phenoxy) is 1. The molecule has 0 atom stereocenters. The predicted molar refractivity (Wildman–Crippen MR) is 120 cm³/mol. The van der Waals surface area contributed by atoms with Crippen molar-refractivity contribution in [1.82, 2.24) is 4.90 Å². The van der Waals surface area contributed by atoms with E-state index >= 15 is 0 Å². The molecule has 0 bridgehead atoms. The van der Waals surface area contributed by atoms with Crippen LogP contribution in [0.25, 0.3) is 0 Å². The van der Waals surface area contributed by atoms with E-state index in [1.54, 1.807) is 80.8 Å². The van der Waals surface area contributed by atoms with Crippen molar-refractivity contribution in [2.75, 3.05) is 19.4 Å². The number of benzene rings is 3. The second-order valence-corrected chi connectivity index (χ2v) is 7.60. The highest BCUT2D eigenvalue weighted by Crippen LogP contribution is 2.25. The van der Waals surface area contributed by atoms with Gasteiger partial charge in [-0.2, -0.15) is 0 Å². The summed E-state index contributed by atoms with van der Waals surface area (Å²) in [6, 6.07) is 18.8. The Morgan fingerprint density at radius 3 is 2.33 bits per heavy atom. The molecule has 0 aliphatic rings. The monoisotopic (exact) mass is 442 g/mol. The van der Waals surface area contributed by atoms with Gasteiger partial charge in [0.25, 0.3) is 11.8 Å². The van der Waals surface area contributed by atoms with Gasteiger partial charge in [-0.25, -0.2) is 0 Å². The lowest BCUT2D eigenvalue weighted by Crippen LogP contribution is -2.21. The average Bonchev–Trinajstić information content (AvgIpc) is 2.73. The number of rotatable bonds is 6. The molecule has 0 saturated heterocycles. The van der Waals surface area contributed by atoms with Crippen LogP contribution in [0, 0.1) is 0 Å². The fourth-order valence-electron chi connectivity index (χ4n) is 2.73. The number of para-hydroxylation sites is 1. The van der Waals surface area contributed by atoms with Crippen LogP contribution < -0.4 is 10.1 Å². The molecule has 0 fully saturated rings. The van der Waals surface area contributed by atoms with E-state index < -0.39 is 0 Å². The van der Waals surface area contributed by atoms with Crippen LogP contribution in [-0.4, -0.2) is 30.8 Å². The van der Waals surface area contributed by atoms with E-state index in [0.29, 0.717) is 32.6 Å². The third-order valence-corrected chi connectivity index (χ3v) is 4.91. The first-order valence-electron chi connectivity index (χ1n) is 9.14. The molecule has 0 spiro atoms. The van der Waals surface area contributed by atoms with Gasteiger partial charge in [0.1, 0.15) is 12.4 Å². The lowest BCUT2D eigenvalue weighted by molar-refractivity contribution is 0.0827. The molecule has 3 rings (SSSR count). The van der Waals surface area contributed by atoms with Gasteiger partial charge in [0.2, 0.25) is 0 Å². The van der Waals surface area contributed by atoms with E-state index in [1.165, 1.54) is 4.90 Å². The molecule has 5 nitrogen and oxygen atoms in total. The Balaban J connectivity index is 1.71. The molecule has 2 amide bonds. The number of halogens is 2. The van der Waals surface area contributed by atoms with Gasteiger partial charge in [-0.15, -0.1) is 0 Å². The Labute approximate surface area is 185 Å². The van der Waals surface area contributed by atoms with Gasteiger partial charge in [-0.1, -0.05) is 41.4 Å². The number of carbonyl (C=O) groups is 2. The number of nitrogens with one attached hydrogen (secondary N) is 1. The van der Waals surface area contributed by atoms with Gasteiger partial charge in [0, 0.05) is 41.0 Å². The van der Waals surface area contributed by atoms with Crippen LogP contribution in [-0.2, 0) is 6.61 Å². The second-order valence-electron chi connectivity index (χ2n) is 6.75. The fourth-order valence-corrected chi connectivity index (χ4v) is 3.19. The summed E-state index contributed by atoms with van der Waals surface area (Å²) in [4.78, 5) is 26.3. The maximum absolute atomic E-state index is 12.8. The number of amides is 2. The first-order chi connectivity index (χ1) is 14.3. The van der Waals surface area contributed by atoms with E-state index in [9.17, 15) is 9.59 Å². The zero-order valence-corrected chi connectivity index (χ0v) is 18.0. The van der Waals surface area contributed by atoms with Gasteiger partial charge >= 0.3 is 0 Å². The lowest BCUT2D eigenvalue weighted by Gasteiger charge is -2.13. The highest BCUT2D eigenvalue weighted by molar-refractivity contribution is 6.35. The molecule has 30 heavy (non-hydrogen) atoms. The summed E-state index contributed by atoms with van der Waals surface area (Å²) >= 11 is 12.1. The van der Waals surface area contributed by atoms with Crippen molar-refractivity contribution < 1.29 is 14.3 Å². The van der Waals surface area contributed by atoms with Crippen molar-refractivity contribution in [2.45, 2.75) is 6.61 Å². The van der Waals surface area contributed by atoms with Crippen LogP contribution in [0.4, 0.5) is 5.69 Å². The fraction of sp³-hybridized carbons (Fsp3) is 0.130. The molecule has 0 saturated carbocycles. The molecular weight excluding hydrogens is 423 g/mol. The molecular formula is C23H20Cl2N2O3. The molecule has 7 heteroatoms. The normalized spacial score (nSPS) is 10.4. The average molecular weight is 443 g/mol. The lowest BCUT2D eigenvalue weighted by atomic mass is 10.1. The van der Waals surface area contributed by atoms with Crippen LogP contribution >= 0.6 is 23.2 Å². The Morgan fingerprint density at radius 1 is 0.967 bits per heavy atom. The Hall–Kier alpha value is -3.02. The summed E-state index contributed by atoms with van der Waals surface area (Å²) in [6.07, 6.45) is 0. The van der Waals surface area contributed by atoms with Gasteiger partial charge in [0.15, 0.2) is 0 Å². The molecule has 1 N–H and O–H groups in total. The standard InChI is InChI=1S/C23H20Cl2N2O3/c1-27(2)23(29)15-8-11-18(12-9-15)26-22(28)19-5-3-4-6-21(19)30-14-16-7-10-17(24)13-20(16)25/h3-13H,14H2,1-2H3,(H,26,28). The predicted octanol–water partition coefficient (Wildman–Crippen LogP) is 5.53. The summed E-state index contributed by atoms with van der Waals surface area (Å²) in [6.45, 7) is 0.196. The van der Waals surface area contributed by atoms with Crippen molar-refractivity contribution in [3.63, 3.8) is 0 Å². The van der Waals surface area contributed by atoms with Crippen LogP contribution in [0.2, 0.25) is 10.0 Å². The third-order valence-electron chi connectivity index (χ3n) is 4.33. The highest BCUT2D eigenvalue weighted by Gasteiger charge is 2.14. The molecule has 0 aliphatic heterocycles. The smallest absolute Gasteiger partial charge is 0.259 e. The first kappa shape index (κ1) is 21.7. The Morgan fingerprint density at radius 2 is 1.67 bits per heavy atom. The van der Waals surface area contributed by atoms with Crippen LogP contribution in [0.5, 0.6) is 5.75 Å². The van der Waals surface area contributed by atoms with E-state index in [0.717, 1.165) is 5.56 Å². The minimum absolute atomic E-state index is 0.104. The van der Waals surface area contributed by atoms with Gasteiger partial charge in [0.05, 0.1) is 5.56 Å². The summed E-state index contributed by atoms with van der Waals surface area (Å²) in [5.41, 5.74) is 2.26. The van der Waals surface area contributed by atoms with Crippen molar-refractivity contribution in [2.24, 2.45) is 0 Å². The molecule has 0 unspecified atom stereocenters. The Bertz CT molecular complexity index is 1070. The summed E-state index contributed by atoms with van der Waals surface area (Å²) in [7, 11) is 3.37. The van der Waals surface area contributed by atoms with Crippen molar-refractivity contribution in [3.8, 4) is 5.75 Å². The number of anilines is 1. The maximum atomic E-state index is 12.8. The topological polar surface area (TPSA) is 58.6 Å². The van der Waals surface area contributed by atoms with Crippen LogP contribution in [0.1, 0.15) is 26.3 Å². The molecule has 0 aliphatic carbocycles. The molecule has 0 aromatic heterocycles. The molecule has 0 radical (unpaired) electrons. The van der Waals surface area contributed by atoms with E-state index in [-0.39, 0.29) is 18.4 Å². The number of hydrogen-bond acceptors (Lipinski definition) is 3. The highest BCUT2D eigenvalue weighted by atomic mass is 35.5. The summed E-state index contributed by atoms with van der Waals surface area (Å²) in [5.74, 6) is 0.00685. The van der Waals surface area contributed by atoms with Gasteiger partial charge in [-0.05, 0) is 48.5 Å². The molecule has 3 aromatic rings. The maximum Gasteiger partial charge on any atom is 0.259 e.